The van der Waals surface area contributed by atoms with Gasteiger partial charge in [-0.05, 0) is 184 Å². The Bertz CT molecular complexity index is 2320. The van der Waals surface area contributed by atoms with E-state index in [9.17, 15) is 28.2 Å². The van der Waals surface area contributed by atoms with E-state index < -0.39 is 30.7 Å². The Kier molecular flexibility index (Phi) is 13.0. The molecule has 4 aliphatic carbocycles. The van der Waals surface area contributed by atoms with Gasteiger partial charge in [0.15, 0.2) is 11.6 Å². The summed E-state index contributed by atoms with van der Waals surface area (Å²) in [5.41, 5.74) is 8.12. The van der Waals surface area contributed by atoms with E-state index in [4.69, 9.17) is 9.56 Å². The fourth-order valence-corrected chi connectivity index (χ4v) is 14.7. The molecule has 4 N–H and O–H groups in total. The van der Waals surface area contributed by atoms with Crippen molar-refractivity contribution in [2.75, 3.05) is 11.5 Å². The number of carbonyl (C=O) groups excluding carboxylic acids is 2. The van der Waals surface area contributed by atoms with Crippen molar-refractivity contribution in [2.24, 2.45) is 11.8 Å². The highest BCUT2D eigenvalue weighted by atomic mass is 32.2. The summed E-state index contributed by atoms with van der Waals surface area (Å²) in [5, 5.41) is 20.3. The van der Waals surface area contributed by atoms with Crippen LogP contribution in [0, 0.1) is 21.4 Å². The summed E-state index contributed by atoms with van der Waals surface area (Å²) in [6.45, 7) is 11.2. The molecule has 4 atom stereocenters. The van der Waals surface area contributed by atoms with E-state index in [2.05, 4.69) is 38.1 Å². The average molecular weight is 891 g/mol. The fourth-order valence-electron chi connectivity index (χ4n) is 9.24. The minimum atomic E-state index is -3.21. The van der Waals surface area contributed by atoms with Gasteiger partial charge in [0, 0.05) is 22.6 Å². The number of thiophene rings is 2. The first kappa shape index (κ1) is 45.0. The van der Waals surface area contributed by atoms with Crippen LogP contribution in [0.2, 0.25) is 0 Å². The molecule has 0 aliphatic heterocycles. The number of ketones is 2. The highest BCUT2D eigenvalue weighted by Crippen LogP contribution is 2.46. The predicted molar refractivity (Wildman–Crippen MR) is 244 cm³/mol. The third-order valence-corrected chi connectivity index (χ3v) is 20.5. The van der Waals surface area contributed by atoms with Gasteiger partial charge < -0.3 is 10.2 Å². The van der Waals surface area contributed by atoms with Crippen molar-refractivity contribution in [1.82, 2.24) is 0 Å². The van der Waals surface area contributed by atoms with Crippen LogP contribution in [0.3, 0.4) is 0 Å². The minimum Gasteiger partial charge on any atom is -0.385 e. The fraction of sp³-hybridized carbons (Fsp3) is 0.542. The zero-order chi connectivity index (χ0) is 43.4. The SMILES string of the molecule is C[C@H](c1ccc2c(c1CC(=O)C[S@@](=N)(=O)c1ccc(C(C)(C)O)s1)CCC2)C1CC1.C[C@H](c1ccc2c(c1CC(=O)C[S@](=N)(=O)c1ccc(C(C)(C)O)s1)CCC2)C1CC1. The zero-order valence-electron chi connectivity index (χ0n) is 36.0. The van der Waals surface area contributed by atoms with Crippen LogP contribution < -0.4 is 0 Å². The van der Waals surface area contributed by atoms with Gasteiger partial charge in [-0.1, -0.05) is 38.1 Å². The van der Waals surface area contributed by atoms with Crippen molar-refractivity contribution in [2.45, 2.75) is 150 Å². The molecule has 0 amide bonds. The Labute approximate surface area is 365 Å². The molecule has 4 aliphatic rings. The molecule has 2 heterocycles. The Morgan fingerprint density at radius 2 is 1.00 bits per heavy atom. The van der Waals surface area contributed by atoms with Crippen molar-refractivity contribution < 1.29 is 28.2 Å². The van der Waals surface area contributed by atoms with E-state index in [0.717, 1.165) is 49.7 Å². The summed E-state index contributed by atoms with van der Waals surface area (Å²) in [4.78, 5) is 27.4. The van der Waals surface area contributed by atoms with E-state index in [0.29, 0.717) is 41.8 Å². The molecule has 2 aromatic carbocycles. The molecule has 324 valence electrons. The maximum atomic E-state index is 13.1. The standard InChI is InChI=1S/2C24H31NO3S2/c2*1-15(16-7-8-16)19-10-9-17-5-4-6-20(17)21(19)13-18(26)14-30(25,28)23-12-11-22(29-23)24(2,3)27/h2*9-12,15-16,25,27H,4-8,13-14H2,1-3H3/t15-,30+;15-,30-/m00/s1. The van der Waals surface area contributed by atoms with Crippen LogP contribution in [0.15, 0.2) is 56.9 Å². The van der Waals surface area contributed by atoms with E-state index in [1.165, 1.54) is 81.7 Å². The molecule has 2 saturated carbocycles. The summed E-state index contributed by atoms with van der Waals surface area (Å²) in [7, 11) is -6.42. The monoisotopic (exact) mass is 890 g/mol. The Morgan fingerprint density at radius 1 is 0.633 bits per heavy atom. The summed E-state index contributed by atoms with van der Waals surface area (Å²) >= 11 is 2.34. The number of carbonyl (C=O) groups is 2. The van der Waals surface area contributed by atoms with Crippen LogP contribution in [-0.4, -0.2) is 41.7 Å². The van der Waals surface area contributed by atoms with Crippen LogP contribution in [-0.2, 0) is 78.8 Å². The van der Waals surface area contributed by atoms with Gasteiger partial charge in [-0.2, -0.15) is 0 Å². The number of hydrogen-bond donors (Lipinski definition) is 4. The normalized spacial score (nSPS) is 19.3. The van der Waals surface area contributed by atoms with Crippen LogP contribution in [0.1, 0.15) is 146 Å². The molecule has 4 aromatic rings. The largest absolute Gasteiger partial charge is 0.385 e. The number of nitrogens with one attached hydrogen (secondary N) is 2. The molecular formula is C48H62N2O6S4. The lowest BCUT2D eigenvalue weighted by Gasteiger charge is -2.20. The highest BCUT2D eigenvalue weighted by Gasteiger charge is 2.34. The first-order chi connectivity index (χ1) is 28.1. The third kappa shape index (κ3) is 10.3. The zero-order valence-corrected chi connectivity index (χ0v) is 39.3. The second kappa shape index (κ2) is 17.3. The lowest BCUT2D eigenvalue weighted by molar-refractivity contribution is -0.116. The second-order valence-electron chi connectivity index (χ2n) is 18.9. The smallest absolute Gasteiger partial charge is 0.151 e. The van der Waals surface area contributed by atoms with E-state index in [-0.39, 0.29) is 35.9 Å². The van der Waals surface area contributed by atoms with E-state index in [1.807, 2.05) is 0 Å². The molecular weight excluding hydrogens is 829 g/mol. The Morgan fingerprint density at radius 3 is 1.32 bits per heavy atom. The van der Waals surface area contributed by atoms with Gasteiger partial charge in [0.2, 0.25) is 0 Å². The van der Waals surface area contributed by atoms with Gasteiger partial charge in [-0.15, -0.1) is 22.7 Å². The number of hydrogen-bond acceptors (Lipinski definition) is 10. The maximum absolute atomic E-state index is 13.1. The van der Waals surface area contributed by atoms with Crippen molar-refractivity contribution >= 4 is 53.7 Å². The van der Waals surface area contributed by atoms with Gasteiger partial charge in [0.1, 0.15) is 8.42 Å². The van der Waals surface area contributed by atoms with Gasteiger partial charge >= 0.3 is 0 Å². The lowest BCUT2D eigenvalue weighted by Crippen LogP contribution is -2.19. The molecule has 2 fully saturated rings. The van der Waals surface area contributed by atoms with Crippen LogP contribution in [0.4, 0.5) is 0 Å². The number of Topliss-reactive ketones (excluding diaryl/α,β-unsaturated/α-hetero) is 2. The Balaban J connectivity index is 0.000000181. The average Bonchev–Trinajstić information content (AvgIpc) is 3.86. The molecule has 60 heavy (non-hydrogen) atoms. The molecule has 12 heteroatoms. The summed E-state index contributed by atoms with van der Waals surface area (Å²) in [5.74, 6) is 1.54. The molecule has 2 aromatic heterocycles. The number of aliphatic hydroxyl groups is 2. The molecule has 0 unspecified atom stereocenters. The number of aryl methyl sites for hydroxylation is 2. The minimum absolute atomic E-state index is 0.127. The third-order valence-electron chi connectivity index (χ3n) is 13.0. The predicted octanol–water partition coefficient (Wildman–Crippen LogP) is 10.4. The molecule has 8 nitrogen and oxygen atoms in total. The molecule has 8 rings (SSSR count). The summed E-state index contributed by atoms with van der Waals surface area (Å²) in [6, 6.07) is 15.6. The second-order valence-corrected chi connectivity index (χ2v) is 25.8. The molecule has 0 spiro atoms. The Hall–Kier alpha value is -3.00. The maximum Gasteiger partial charge on any atom is 0.151 e. The quantitative estimate of drug-likeness (QED) is 0.0877. The van der Waals surface area contributed by atoms with E-state index in [1.54, 1.807) is 52.0 Å². The first-order valence-electron chi connectivity index (χ1n) is 21.6. The van der Waals surface area contributed by atoms with Gasteiger partial charge in [0.05, 0.1) is 42.2 Å². The van der Waals surface area contributed by atoms with Crippen molar-refractivity contribution in [3.63, 3.8) is 0 Å². The van der Waals surface area contributed by atoms with Gasteiger partial charge in [-0.3, -0.25) is 9.59 Å². The van der Waals surface area contributed by atoms with Crippen molar-refractivity contribution in [3.05, 3.63) is 103 Å². The molecule has 0 saturated heterocycles. The number of benzene rings is 2. The van der Waals surface area contributed by atoms with Crippen LogP contribution in [0.5, 0.6) is 0 Å². The van der Waals surface area contributed by atoms with Gasteiger partial charge in [-0.25, -0.2) is 18.0 Å². The van der Waals surface area contributed by atoms with E-state index >= 15 is 0 Å². The number of fused-ring (bicyclic) bond motifs is 2. The lowest BCUT2D eigenvalue weighted by atomic mass is 9.86. The van der Waals surface area contributed by atoms with Gasteiger partial charge in [0.25, 0.3) is 0 Å². The van der Waals surface area contributed by atoms with Crippen LogP contribution in [0.25, 0.3) is 0 Å². The molecule has 0 bridgehead atoms. The highest BCUT2D eigenvalue weighted by molar-refractivity contribution is 7.95. The molecule has 0 radical (unpaired) electrons. The topological polar surface area (TPSA) is 156 Å². The summed E-state index contributed by atoms with van der Waals surface area (Å²) in [6.07, 6.45) is 12.0. The van der Waals surface area contributed by atoms with Crippen molar-refractivity contribution in [1.29, 1.82) is 9.56 Å². The number of rotatable bonds is 16. The summed E-state index contributed by atoms with van der Waals surface area (Å²) < 4.78 is 43.7. The first-order valence-corrected chi connectivity index (χ1v) is 26.7. The van der Waals surface area contributed by atoms with Crippen molar-refractivity contribution in [3.8, 4) is 0 Å². The van der Waals surface area contributed by atoms with Crippen LogP contribution >= 0.6 is 22.7 Å².